The fraction of sp³-hybridized carbons (Fsp3) is 0.438. The van der Waals surface area contributed by atoms with Gasteiger partial charge in [-0.15, -0.1) is 0 Å². The number of hydrogen-bond acceptors (Lipinski definition) is 3. The van der Waals surface area contributed by atoms with Crippen LogP contribution in [0.25, 0.3) is 5.57 Å². The summed E-state index contributed by atoms with van der Waals surface area (Å²) in [6.45, 7) is 6.42. The van der Waals surface area contributed by atoms with Gasteiger partial charge in [-0.3, -0.25) is 0 Å². The number of halogens is 1. The Morgan fingerprint density at radius 1 is 1.38 bits per heavy atom. The average Bonchev–Trinajstić information content (AvgIpc) is 2.40. The Balaban J connectivity index is 2.08. The number of rotatable bonds is 1. The molecule has 2 rings (SSSR count). The molecule has 1 heterocycles. The van der Waals surface area contributed by atoms with Gasteiger partial charge in [0.15, 0.2) is 0 Å². The van der Waals surface area contributed by atoms with E-state index in [9.17, 15) is 9.18 Å². The zero-order chi connectivity index (χ0) is 15.6. The van der Waals surface area contributed by atoms with Gasteiger partial charge >= 0.3 is 6.09 Å². The van der Waals surface area contributed by atoms with Gasteiger partial charge in [0, 0.05) is 24.3 Å². The van der Waals surface area contributed by atoms with Crippen LogP contribution in [0, 0.1) is 5.82 Å². The second-order valence-electron chi connectivity index (χ2n) is 6.15. The number of benzene rings is 1. The van der Waals surface area contributed by atoms with Crippen molar-refractivity contribution in [3.05, 3.63) is 35.7 Å². The molecule has 1 aromatic rings. The van der Waals surface area contributed by atoms with Crippen LogP contribution in [-0.4, -0.2) is 29.7 Å². The summed E-state index contributed by atoms with van der Waals surface area (Å²) in [4.78, 5) is 13.6. The van der Waals surface area contributed by atoms with Crippen LogP contribution in [0.15, 0.2) is 24.3 Å². The van der Waals surface area contributed by atoms with Gasteiger partial charge in [0.05, 0.1) is 0 Å². The summed E-state index contributed by atoms with van der Waals surface area (Å²) in [7, 11) is 0. The topological polar surface area (TPSA) is 55.6 Å². The number of anilines is 1. The van der Waals surface area contributed by atoms with Crippen molar-refractivity contribution in [2.45, 2.75) is 32.8 Å². The largest absolute Gasteiger partial charge is 0.444 e. The summed E-state index contributed by atoms with van der Waals surface area (Å²) in [6.07, 6.45) is 2.09. The summed E-state index contributed by atoms with van der Waals surface area (Å²) in [6, 6.07) is 4.53. The van der Waals surface area contributed by atoms with Gasteiger partial charge < -0.3 is 15.4 Å². The first-order valence-electron chi connectivity index (χ1n) is 6.98. The molecule has 0 aliphatic carbocycles. The second kappa shape index (κ2) is 5.76. The number of carbonyl (C=O) groups excluding carboxylic acids is 1. The Bertz CT molecular complexity index is 576. The van der Waals surface area contributed by atoms with Crippen LogP contribution in [0.1, 0.15) is 32.8 Å². The van der Waals surface area contributed by atoms with Gasteiger partial charge in [0.2, 0.25) is 0 Å². The van der Waals surface area contributed by atoms with Gasteiger partial charge in [0.25, 0.3) is 0 Å². The van der Waals surface area contributed by atoms with Crippen LogP contribution in [0.4, 0.5) is 14.9 Å². The lowest BCUT2D eigenvalue weighted by atomic mass is 9.98. The molecule has 0 atom stereocenters. The molecule has 114 valence electrons. The standard InChI is InChI=1S/C16H21FN2O2/c1-16(2,3)21-15(20)19-8-6-11(7-9-19)13-10-12(18)4-5-14(13)17/h4-6,10H,7-9,18H2,1-3H3. The maximum atomic E-state index is 13.8. The van der Waals surface area contributed by atoms with E-state index < -0.39 is 5.60 Å². The van der Waals surface area contributed by atoms with E-state index in [1.165, 1.54) is 12.1 Å². The van der Waals surface area contributed by atoms with E-state index in [0.29, 0.717) is 30.8 Å². The molecule has 21 heavy (non-hydrogen) atoms. The summed E-state index contributed by atoms with van der Waals surface area (Å²) in [5.74, 6) is -0.291. The summed E-state index contributed by atoms with van der Waals surface area (Å²) < 4.78 is 19.2. The number of nitrogens with zero attached hydrogens (tertiary/aromatic N) is 1. The van der Waals surface area contributed by atoms with Crippen LogP contribution in [0.5, 0.6) is 0 Å². The van der Waals surface area contributed by atoms with E-state index in [4.69, 9.17) is 10.5 Å². The maximum Gasteiger partial charge on any atom is 0.410 e. The molecule has 0 saturated carbocycles. The first-order valence-corrected chi connectivity index (χ1v) is 6.98. The van der Waals surface area contributed by atoms with Crippen molar-refractivity contribution < 1.29 is 13.9 Å². The maximum absolute atomic E-state index is 13.8. The quantitative estimate of drug-likeness (QED) is 0.807. The van der Waals surface area contributed by atoms with E-state index in [1.807, 2.05) is 26.8 Å². The van der Waals surface area contributed by atoms with Crippen LogP contribution in [-0.2, 0) is 4.74 Å². The molecule has 1 amide bonds. The van der Waals surface area contributed by atoms with Gasteiger partial charge in [-0.25, -0.2) is 9.18 Å². The molecule has 5 heteroatoms. The highest BCUT2D eigenvalue weighted by molar-refractivity contribution is 5.73. The smallest absolute Gasteiger partial charge is 0.410 e. The molecule has 0 unspecified atom stereocenters. The molecular weight excluding hydrogens is 271 g/mol. The molecule has 0 bridgehead atoms. The zero-order valence-corrected chi connectivity index (χ0v) is 12.6. The number of carbonyl (C=O) groups is 1. The molecular formula is C16H21FN2O2. The molecule has 1 aromatic carbocycles. The number of amides is 1. The van der Waals surface area contributed by atoms with Gasteiger partial charge in [-0.05, 0) is 51.0 Å². The van der Waals surface area contributed by atoms with Gasteiger partial charge in [-0.1, -0.05) is 6.08 Å². The molecule has 0 fully saturated rings. The van der Waals surface area contributed by atoms with E-state index in [-0.39, 0.29) is 11.9 Å². The minimum absolute atomic E-state index is 0.291. The van der Waals surface area contributed by atoms with Crippen LogP contribution in [0.2, 0.25) is 0 Å². The lowest BCUT2D eigenvalue weighted by molar-refractivity contribution is 0.0270. The van der Waals surface area contributed by atoms with Crippen molar-refractivity contribution in [3.63, 3.8) is 0 Å². The van der Waals surface area contributed by atoms with E-state index in [1.54, 1.807) is 11.0 Å². The minimum Gasteiger partial charge on any atom is -0.444 e. The number of nitrogens with two attached hydrogens (primary N) is 1. The van der Waals surface area contributed by atoms with Crippen molar-refractivity contribution in [2.24, 2.45) is 0 Å². The Hall–Kier alpha value is -2.04. The molecule has 0 saturated heterocycles. The number of hydrogen-bond donors (Lipinski definition) is 1. The third-order valence-corrected chi connectivity index (χ3v) is 3.20. The molecule has 1 aliphatic heterocycles. The second-order valence-corrected chi connectivity index (χ2v) is 6.15. The van der Waals surface area contributed by atoms with Gasteiger partial charge in [-0.2, -0.15) is 0 Å². The van der Waals surface area contributed by atoms with Crippen molar-refractivity contribution >= 4 is 17.4 Å². The Morgan fingerprint density at radius 2 is 2.10 bits per heavy atom. The third kappa shape index (κ3) is 3.97. The third-order valence-electron chi connectivity index (χ3n) is 3.20. The van der Waals surface area contributed by atoms with Crippen molar-refractivity contribution in [3.8, 4) is 0 Å². The van der Waals surface area contributed by atoms with Crippen molar-refractivity contribution in [2.75, 3.05) is 18.8 Å². The summed E-state index contributed by atoms with van der Waals surface area (Å²) in [5, 5.41) is 0. The van der Waals surface area contributed by atoms with Crippen molar-refractivity contribution in [1.29, 1.82) is 0 Å². The number of ether oxygens (including phenoxy) is 1. The average molecular weight is 292 g/mol. The SMILES string of the molecule is CC(C)(C)OC(=O)N1CC=C(c2cc(N)ccc2F)CC1. The highest BCUT2D eigenvalue weighted by Gasteiger charge is 2.24. The van der Waals surface area contributed by atoms with Crippen molar-refractivity contribution in [1.82, 2.24) is 4.90 Å². The Kier molecular flexibility index (Phi) is 4.21. The molecule has 0 aromatic heterocycles. The molecule has 4 nitrogen and oxygen atoms in total. The highest BCUT2D eigenvalue weighted by atomic mass is 19.1. The molecule has 0 spiro atoms. The van der Waals surface area contributed by atoms with E-state index >= 15 is 0 Å². The summed E-state index contributed by atoms with van der Waals surface area (Å²) >= 11 is 0. The fourth-order valence-corrected chi connectivity index (χ4v) is 2.20. The first-order chi connectivity index (χ1) is 9.76. The lowest BCUT2D eigenvalue weighted by Crippen LogP contribution is -2.39. The Morgan fingerprint density at radius 3 is 2.67 bits per heavy atom. The predicted octanol–water partition coefficient (Wildman–Crippen LogP) is 3.43. The summed E-state index contributed by atoms with van der Waals surface area (Å²) in [5.41, 5.74) is 7.10. The van der Waals surface area contributed by atoms with Gasteiger partial charge in [0.1, 0.15) is 11.4 Å². The molecule has 1 aliphatic rings. The number of nitrogen functional groups attached to an aromatic ring is 1. The van der Waals surface area contributed by atoms with Crippen LogP contribution in [0.3, 0.4) is 0 Å². The molecule has 2 N–H and O–H groups in total. The first kappa shape index (κ1) is 15.4. The van der Waals surface area contributed by atoms with E-state index in [2.05, 4.69) is 0 Å². The Labute approximate surface area is 124 Å². The molecule has 0 radical (unpaired) electrons. The van der Waals surface area contributed by atoms with Crippen LogP contribution < -0.4 is 5.73 Å². The minimum atomic E-state index is -0.513. The predicted molar refractivity (Wildman–Crippen MR) is 81.2 cm³/mol. The monoisotopic (exact) mass is 292 g/mol. The fourth-order valence-electron chi connectivity index (χ4n) is 2.20. The lowest BCUT2D eigenvalue weighted by Gasteiger charge is -2.29. The zero-order valence-electron chi connectivity index (χ0n) is 12.6. The normalized spacial score (nSPS) is 15.6. The van der Waals surface area contributed by atoms with Crippen LogP contribution >= 0.6 is 0 Å². The van der Waals surface area contributed by atoms with E-state index in [0.717, 1.165) is 5.57 Å². The highest BCUT2D eigenvalue weighted by Crippen LogP contribution is 2.27.